The number of hydrogen-bond acceptors (Lipinski definition) is 4. The van der Waals surface area contributed by atoms with E-state index in [2.05, 4.69) is 27.5 Å². The molecular formula is C19H17ClFIN2O2S. The summed E-state index contributed by atoms with van der Waals surface area (Å²) in [5.41, 5.74) is 1.80. The van der Waals surface area contributed by atoms with Gasteiger partial charge in [-0.3, -0.25) is 0 Å². The molecule has 0 spiro atoms. The summed E-state index contributed by atoms with van der Waals surface area (Å²) < 4.78 is 24.0. The molecule has 0 aromatic heterocycles. The van der Waals surface area contributed by atoms with Gasteiger partial charge in [-0.15, -0.1) is 0 Å². The molecule has 0 amide bonds. The Morgan fingerprint density at radius 1 is 1.26 bits per heavy atom. The lowest BCUT2D eigenvalue weighted by molar-refractivity contribution is 0.174. The average Bonchev–Trinajstić information content (AvgIpc) is 3.26. The first-order valence-electron chi connectivity index (χ1n) is 8.40. The summed E-state index contributed by atoms with van der Waals surface area (Å²) in [5.74, 6) is 1.16. The van der Waals surface area contributed by atoms with Gasteiger partial charge in [-0.1, -0.05) is 52.0 Å². The molecule has 0 aliphatic carbocycles. The number of aliphatic imine (C=N–C) groups is 1. The molecule has 2 aliphatic rings. The van der Waals surface area contributed by atoms with E-state index in [-0.39, 0.29) is 16.0 Å². The Balaban J connectivity index is 1.57. The van der Waals surface area contributed by atoms with Crippen LogP contribution in [0.2, 0.25) is 5.02 Å². The third-order valence-electron chi connectivity index (χ3n) is 4.67. The van der Waals surface area contributed by atoms with Gasteiger partial charge in [0.15, 0.2) is 16.7 Å². The third kappa shape index (κ3) is 3.86. The number of hydrogen-bond donors (Lipinski definition) is 0. The molecule has 2 aromatic carbocycles. The van der Waals surface area contributed by atoms with Crippen LogP contribution in [0.15, 0.2) is 41.4 Å². The van der Waals surface area contributed by atoms with Crippen molar-refractivity contribution in [1.82, 2.24) is 4.90 Å². The number of thioether (sulfide) groups is 1. The second kappa shape index (κ2) is 7.67. The van der Waals surface area contributed by atoms with Crippen molar-refractivity contribution in [1.29, 1.82) is 0 Å². The Hall–Kier alpha value is -1.19. The summed E-state index contributed by atoms with van der Waals surface area (Å²) in [6.07, 6.45) is 2.93. The van der Waals surface area contributed by atoms with Gasteiger partial charge in [-0.2, -0.15) is 0 Å². The maximum absolute atomic E-state index is 13.4. The Morgan fingerprint density at radius 2 is 2.07 bits per heavy atom. The van der Waals surface area contributed by atoms with Crippen LogP contribution in [0.3, 0.4) is 0 Å². The van der Waals surface area contributed by atoms with Crippen molar-refractivity contribution in [3.63, 3.8) is 0 Å². The van der Waals surface area contributed by atoms with E-state index in [1.165, 1.54) is 12.1 Å². The first-order chi connectivity index (χ1) is 13.0. The van der Waals surface area contributed by atoms with Crippen LogP contribution in [0.5, 0.6) is 11.5 Å². The highest BCUT2D eigenvalue weighted by Gasteiger charge is 2.39. The maximum atomic E-state index is 13.4. The van der Waals surface area contributed by atoms with E-state index in [1.54, 1.807) is 17.8 Å². The molecule has 2 aromatic rings. The van der Waals surface area contributed by atoms with E-state index in [0.717, 1.165) is 47.4 Å². The Bertz CT molecular complexity index is 913. The summed E-state index contributed by atoms with van der Waals surface area (Å²) >= 11 is 10.4. The molecule has 1 fully saturated rings. The van der Waals surface area contributed by atoms with Crippen LogP contribution < -0.4 is 9.47 Å². The van der Waals surface area contributed by atoms with Gasteiger partial charge < -0.3 is 14.4 Å². The fourth-order valence-corrected chi connectivity index (χ4v) is 5.56. The third-order valence-corrected chi connectivity index (χ3v) is 7.16. The van der Waals surface area contributed by atoms with Gasteiger partial charge in [0, 0.05) is 24.2 Å². The highest BCUT2D eigenvalue weighted by molar-refractivity contribution is 14.1. The summed E-state index contributed by atoms with van der Waals surface area (Å²) in [5, 5.41) is 1.41. The normalized spacial score (nSPS) is 21.8. The molecule has 2 aliphatic heterocycles. The zero-order valence-electron chi connectivity index (χ0n) is 14.5. The molecule has 4 nitrogen and oxygen atoms in total. The number of rotatable bonds is 2. The second-order valence-corrected chi connectivity index (χ2v) is 9.64. The molecule has 0 unspecified atom stereocenters. The Kier molecular flexibility index (Phi) is 5.44. The van der Waals surface area contributed by atoms with Crippen molar-refractivity contribution < 1.29 is 13.9 Å². The first-order valence-corrected chi connectivity index (χ1v) is 11.1. The topological polar surface area (TPSA) is 34.1 Å². The minimum atomic E-state index is -0.312. The highest BCUT2D eigenvalue weighted by Crippen LogP contribution is 2.45. The van der Waals surface area contributed by atoms with Crippen molar-refractivity contribution in [2.24, 2.45) is 4.99 Å². The largest absolute Gasteiger partial charge is 0.454 e. The fourth-order valence-electron chi connectivity index (χ4n) is 3.32. The Morgan fingerprint density at radius 3 is 2.85 bits per heavy atom. The van der Waals surface area contributed by atoms with Crippen LogP contribution in [0.4, 0.5) is 10.1 Å². The predicted molar refractivity (Wildman–Crippen MR) is 116 cm³/mol. The van der Waals surface area contributed by atoms with Gasteiger partial charge in [0.1, 0.15) is 5.82 Å². The lowest BCUT2D eigenvalue weighted by Crippen LogP contribution is -2.29. The van der Waals surface area contributed by atoms with Gasteiger partial charge in [0.25, 0.3) is 0 Å². The SMILES string of the molecule is CS/C(=N/c1ccc2c(c1)OCO2)N1CC[C@@](I)(c2ccc(F)cc2Cl)C1. The summed E-state index contributed by atoms with van der Waals surface area (Å²) in [7, 11) is 0. The van der Waals surface area contributed by atoms with E-state index in [0.29, 0.717) is 5.02 Å². The first kappa shape index (κ1) is 19.1. The molecule has 142 valence electrons. The molecule has 0 N–H and O–H groups in total. The van der Waals surface area contributed by atoms with Gasteiger partial charge in [0.2, 0.25) is 6.79 Å². The molecule has 1 atom stereocenters. The predicted octanol–water partition coefficient (Wildman–Crippen LogP) is 5.59. The number of fused-ring (bicyclic) bond motifs is 1. The van der Waals surface area contributed by atoms with E-state index in [4.69, 9.17) is 26.1 Å². The van der Waals surface area contributed by atoms with Crippen molar-refractivity contribution in [2.45, 2.75) is 9.84 Å². The lowest BCUT2D eigenvalue weighted by atomic mass is 9.98. The highest BCUT2D eigenvalue weighted by atomic mass is 127. The van der Waals surface area contributed by atoms with Crippen LogP contribution >= 0.6 is 46.0 Å². The number of nitrogens with zero attached hydrogens (tertiary/aromatic N) is 2. The number of alkyl halides is 1. The lowest BCUT2D eigenvalue weighted by Gasteiger charge is -2.25. The standard InChI is InChI=1S/C19H17ClFIN2O2S/c1-27-18(23-13-3-5-16-17(9-13)26-11-25-16)24-7-6-19(22,10-24)14-4-2-12(21)8-15(14)20/h2-5,8-9H,6-7,10-11H2,1H3/b23-18+/t19-/m0/s1. The molecule has 4 rings (SSSR count). The van der Waals surface area contributed by atoms with E-state index >= 15 is 0 Å². The average molecular weight is 519 g/mol. The van der Waals surface area contributed by atoms with Crippen molar-refractivity contribution >= 4 is 56.8 Å². The molecular weight excluding hydrogens is 502 g/mol. The summed E-state index contributed by atoms with van der Waals surface area (Å²) in [6.45, 7) is 1.88. The van der Waals surface area contributed by atoms with Crippen molar-refractivity contribution in [2.75, 3.05) is 26.1 Å². The quantitative estimate of drug-likeness (QED) is 0.225. The van der Waals surface area contributed by atoms with Crippen molar-refractivity contribution in [3.8, 4) is 11.5 Å². The summed E-state index contributed by atoms with van der Waals surface area (Å²) in [6, 6.07) is 10.3. The van der Waals surface area contributed by atoms with Crippen LogP contribution in [0.1, 0.15) is 12.0 Å². The smallest absolute Gasteiger partial charge is 0.231 e. The minimum Gasteiger partial charge on any atom is -0.454 e. The Labute approximate surface area is 180 Å². The molecule has 8 heteroatoms. The van der Waals surface area contributed by atoms with Crippen molar-refractivity contribution in [3.05, 3.63) is 52.8 Å². The molecule has 0 radical (unpaired) electrons. The molecule has 27 heavy (non-hydrogen) atoms. The zero-order valence-corrected chi connectivity index (χ0v) is 18.3. The van der Waals surface area contributed by atoms with Gasteiger partial charge in [0.05, 0.1) is 9.11 Å². The van der Waals surface area contributed by atoms with Crippen LogP contribution in [-0.2, 0) is 3.42 Å². The van der Waals surface area contributed by atoms with Crippen LogP contribution in [-0.4, -0.2) is 36.2 Å². The van der Waals surface area contributed by atoms with Gasteiger partial charge >= 0.3 is 0 Å². The van der Waals surface area contributed by atoms with E-state index < -0.39 is 0 Å². The fraction of sp³-hybridized carbons (Fsp3) is 0.316. The van der Waals surface area contributed by atoms with Crippen LogP contribution in [0, 0.1) is 5.82 Å². The van der Waals surface area contributed by atoms with Gasteiger partial charge in [-0.25, -0.2) is 9.38 Å². The minimum absolute atomic E-state index is 0.173. The number of likely N-dealkylation sites (tertiary alicyclic amines) is 1. The number of amidine groups is 1. The molecule has 2 heterocycles. The second-order valence-electron chi connectivity index (χ2n) is 6.40. The molecule has 1 saturated heterocycles. The number of halogens is 3. The zero-order chi connectivity index (χ0) is 19.0. The number of benzene rings is 2. The molecule has 0 saturated carbocycles. The van der Waals surface area contributed by atoms with Crippen LogP contribution in [0.25, 0.3) is 0 Å². The summed E-state index contributed by atoms with van der Waals surface area (Å²) in [4.78, 5) is 7.06. The van der Waals surface area contributed by atoms with E-state index in [9.17, 15) is 4.39 Å². The van der Waals surface area contributed by atoms with E-state index in [1.807, 2.05) is 24.5 Å². The number of ether oxygens (including phenoxy) is 2. The maximum Gasteiger partial charge on any atom is 0.231 e. The monoisotopic (exact) mass is 518 g/mol. The molecule has 0 bridgehead atoms. The van der Waals surface area contributed by atoms with Gasteiger partial charge in [-0.05, 0) is 42.5 Å².